The number of nitrogens with one attached hydrogen (secondary N) is 2. The van der Waals surface area contributed by atoms with Crippen molar-refractivity contribution in [3.05, 3.63) is 77.7 Å². The number of carbonyl (C=O) groups is 2. The lowest BCUT2D eigenvalue weighted by Crippen LogP contribution is -2.28. The standard InChI is InChI=1S/C22H20N2O5/c1-14(15-7-8-19-18(11-15)24-20(25)13-29-19)23-22(26)21-16(9-10-27-21)12-28-17-5-3-2-4-6-17/h2-11,14H,12-13H2,1H3,(H,23,26)(H,24,25). The summed E-state index contributed by atoms with van der Waals surface area (Å²) in [4.78, 5) is 24.2. The second kappa shape index (κ2) is 8.10. The van der Waals surface area contributed by atoms with E-state index in [1.54, 1.807) is 18.2 Å². The summed E-state index contributed by atoms with van der Waals surface area (Å²) < 4.78 is 16.5. The molecule has 0 saturated heterocycles. The fourth-order valence-corrected chi connectivity index (χ4v) is 3.04. The van der Waals surface area contributed by atoms with Crippen LogP contribution in [-0.4, -0.2) is 18.4 Å². The Morgan fingerprint density at radius 2 is 2.03 bits per heavy atom. The van der Waals surface area contributed by atoms with Crippen LogP contribution in [0.4, 0.5) is 5.69 Å². The molecule has 0 radical (unpaired) electrons. The number of hydrogen-bond donors (Lipinski definition) is 2. The Morgan fingerprint density at radius 1 is 1.21 bits per heavy atom. The van der Waals surface area contributed by atoms with Gasteiger partial charge in [-0.1, -0.05) is 24.3 Å². The summed E-state index contributed by atoms with van der Waals surface area (Å²) in [6.07, 6.45) is 1.47. The van der Waals surface area contributed by atoms with Crippen LogP contribution in [0.5, 0.6) is 11.5 Å². The van der Waals surface area contributed by atoms with Gasteiger partial charge in [0.1, 0.15) is 18.1 Å². The van der Waals surface area contributed by atoms with Crippen molar-refractivity contribution in [1.29, 1.82) is 0 Å². The zero-order chi connectivity index (χ0) is 20.2. The zero-order valence-electron chi connectivity index (χ0n) is 15.8. The molecule has 3 aromatic rings. The van der Waals surface area contributed by atoms with Crippen molar-refractivity contribution < 1.29 is 23.5 Å². The maximum Gasteiger partial charge on any atom is 0.287 e. The second-order valence-corrected chi connectivity index (χ2v) is 6.66. The van der Waals surface area contributed by atoms with Gasteiger partial charge in [-0.2, -0.15) is 0 Å². The number of fused-ring (bicyclic) bond motifs is 1. The molecule has 4 rings (SSSR count). The molecular formula is C22H20N2O5. The van der Waals surface area contributed by atoms with Crippen LogP contribution >= 0.6 is 0 Å². The van der Waals surface area contributed by atoms with Gasteiger partial charge in [-0.25, -0.2) is 0 Å². The third-order valence-electron chi connectivity index (χ3n) is 4.57. The highest BCUT2D eigenvalue weighted by Gasteiger charge is 2.21. The van der Waals surface area contributed by atoms with Gasteiger partial charge in [-0.05, 0) is 42.8 Å². The maximum atomic E-state index is 12.7. The molecule has 148 valence electrons. The highest BCUT2D eigenvalue weighted by Crippen LogP contribution is 2.30. The predicted octanol–water partition coefficient (Wildman–Crippen LogP) is 3.68. The van der Waals surface area contributed by atoms with E-state index in [0.717, 1.165) is 5.56 Å². The summed E-state index contributed by atoms with van der Waals surface area (Å²) in [7, 11) is 0. The van der Waals surface area contributed by atoms with E-state index in [0.29, 0.717) is 22.7 Å². The van der Waals surface area contributed by atoms with Gasteiger partial charge in [0.05, 0.1) is 18.0 Å². The number of para-hydroxylation sites is 1. The molecule has 7 nitrogen and oxygen atoms in total. The normalized spacial score (nSPS) is 13.6. The van der Waals surface area contributed by atoms with Gasteiger partial charge in [0, 0.05) is 5.56 Å². The number of amides is 2. The largest absolute Gasteiger partial charge is 0.489 e. The Kier molecular flexibility index (Phi) is 5.20. The van der Waals surface area contributed by atoms with Crippen molar-refractivity contribution >= 4 is 17.5 Å². The number of benzene rings is 2. The maximum absolute atomic E-state index is 12.7. The first-order chi connectivity index (χ1) is 14.1. The van der Waals surface area contributed by atoms with Gasteiger partial charge in [0.15, 0.2) is 12.4 Å². The molecule has 2 aromatic carbocycles. The van der Waals surface area contributed by atoms with Gasteiger partial charge >= 0.3 is 0 Å². The second-order valence-electron chi connectivity index (χ2n) is 6.66. The average molecular weight is 392 g/mol. The molecule has 7 heteroatoms. The van der Waals surface area contributed by atoms with E-state index < -0.39 is 0 Å². The first kappa shape index (κ1) is 18.6. The zero-order valence-corrected chi connectivity index (χ0v) is 15.8. The van der Waals surface area contributed by atoms with Crippen LogP contribution in [0, 0.1) is 0 Å². The Morgan fingerprint density at radius 3 is 2.86 bits per heavy atom. The van der Waals surface area contributed by atoms with E-state index in [4.69, 9.17) is 13.9 Å². The first-order valence-electron chi connectivity index (χ1n) is 9.22. The highest BCUT2D eigenvalue weighted by molar-refractivity contribution is 5.95. The molecule has 1 aromatic heterocycles. The number of ether oxygens (including phenoxy) is 2. The highest BCUT2D eigenvalue weighted by atomic mass is 16.5. The average Bonchev–Trinajstić information content (AvgIpc) is 3.21. The first-order valence-corrected chi connectivity index (χ1v) is 9.22. The Balaban J connectivity index is 1.43. The monoisotopic (exact) mass is 392 g/mol. The van der Waals surface area contributed by atoms with Gasteiger partial charge in [0.2, 0.25) is 0 Å². The lowest BCUT2D eigenvalue weighted by Gasteiger charge is -2.20. The van der Waals surface area contributed by atoms with Crippen LogP contribution in [0.3, 0.4) is 0 Å². The number of carbonyl (C=O) groups excluding carboxylic acids is 2. The van der Waals surface area contributed by atoms with Gasteiger partial charge in [-0.15, -0.1) is 0 Å². The number of rotatable bonds is 6. The molecule has 2 amide bonds. The minimum Gasteiger partial charge on any atom is -0.489 e. The molecule has 2 N–H and O–H groups in total. The molecule has 0 saturated carbocycles. The van der Waals surface area contributed by atoms with E-state index in [1.165, 1.54) is 6.26 Å². The Labute approximate surface area is 167 Å². The lowest BCUT2D eigenvalue weighted by atomic mass is 10.1. The summed E-state index contributed by atoms with van der Waals surface area (Å²) in [5, 5.41) is 5.68. The van der Waals surface area contributed by atoms with E-state index in [9.17, 15) is 9.59 Å². The lowest BCUT2D eigenvalue weighted by molar-refractivity contribution is -0.118. The summed E-state index contributed by atoms with van der Waals surface area (Å²) in [6.45, 7) is 2.08. The predicted molar refractivity (Wildman–Crippen MR) is 106 cm³/mol. The molecule has 0 fully saturated rings. The van der Waals surface area contributed by atoms with Gasteiger partial charge in [0.25, 0.3) is 11.8 Å². The molecule has 2 heterocycles. The summed E-state index contributed by atoms with van der Waals surface area (Å²) >= 11 is 0. The van der Waals surface area contributed by atoms with Gasteiger partial charge < -0.3 is 24.5 Å². The third-order valence-corrected chi connectivity index (χ3v) is 4.57. The van der Waals surface area contributed by atoms with Crippen molar-refractivity contribution in [2.75, 3.05) is 11.9 Å². The van der Waals surface area contributed by atoms with Crippen molar-refractivity contribution in [3.63, 3.8) is 0 Å². The van der Waals surface area contributed by atoms with Crippen LogP contribution in [0.25, 0.3) is 0 Å². The smallest absolute Gasteiger partial charge is 0.287 e. The molecule has 1 aliphatic rings. The minimum atomic E-state index is -0.341. The van der Waals surface area contributed by atoms with Crippen LogP contribution in [0.1, 0.15) is 34.6 Å². The number of anilines is 1. The van der Waals surface area contributed by atoms with Crippen LogP contribution < -0.4 is 20.1 Å². The van der Waals surface area contributed by atoms with Crippen LogP contribution in [-0.2, 0) is 11.4 Å². The van der Waals surface area contributed by atoms with E-state index in [-0.39, 0.29) is 36.8 Å². The van der Waals surface area contributed by atoms with Gasteiger partial charge in [-0.3, -0.25) is 9.59 Å². The quantitative estimate of drug-likeness (QED) is 0.668. The van der Waals surface area contributed by atoms with E-state index >= 15 is 0 Å². The van der Waals surface area contributed by atoms with E-state index in [1.807, 2.05) is 43.3 Å². The Bertz CT molecular complexity index is 1030. The molecule has 0 bridgehead atoms. The molecular weight excluding hydrogens is 372 g/mol. The molecule has 1 atom stereocenters. The molecule has 1 unspecified atom stereocenters. The van der Waals surface area contributed by atoms with Crippen molar-refractivity contribution in [1.82, 2.24) is 5.32 Å². The summed E-state index contributed by atoms with van der Waals surface area (Å²) in [5.74, 6) is 0.990. The molecule has 0 aliphatic carbocycles. The van der Waals surface area contributed by atoms with Crippen molar-refractivity contribution in [2.45, 2.75) is 19.6 Å². The fraction of sp³-hybridized carbons (Fsp3) is 0.182. The SMILES string of the molecule is CC(NC(=O)c1occc1COc1ccccc1)c1ccc2c(c1)NC(=O)CO2. The van der Waals surface area contributed by atoms with E-state index in [2.05, 4.69) is 10.6 Å². The summed E-state index contributed by atoms with van der Waals surface area (Å²) in [6, 6.07) is 16.2. The third kappa shape index (κ3) is 4.24. The Hall–Kier alpha value is -3.74. The fourth-order valence-electron chi connectivity index (χ4n) is 3.04. The van der Waals surface area contributed by atoms with Crippen LogP contribution in [0.15, 0.2) is 65.3 Å². The summed E-state index contributed by atoms with van der Waals surface area (Å²) in [5.41, 5.74) is 2.08. The molecule has 29 heavy (non-hydrogen) atoms. The minimum absolute atomic E-state index is 0.00492. The molecule has 0 spiro atoms. The van der Waals surface area contributed by atoms with Crippen molar-refractivity contribution in [3.8, 4) is 11.5 Å². The topological polar surface area (TPSA) is 89.8 Å². The number of hydrogen-bond acceptors (Lipinski definition) is 5. The number of furan rings is 1. The van der Waals surface area contributed by atoms with Crippen LogP contribution in [0.2, 0.25) is 0 Å². The molecule has 1 aliphatic heterocycles. The van der Waals surface area contributed by atoms with Crippen molar-refractivity contribution in [2.24, 2.45) is 0 Å².